The smallest absolute Gasteiger partial charge is 0.0679 e. The van der Waals surface area contributed by atoms with Crippen molar-refractivity contribution in [1.82, 2.24) is 14.3 Å². The van der Waals surface area contributed by atoms with Crippen LogP contribution in [0.25, 0.3) is 21.8 Å². The molecule has 5 aromatic rings. The normalized spacial score (nSPS) is 11.5. The average molecular weight is 471 g/mol. The third-order valence-electron chi connectivity index (χ3n) is 6.31. The lowest BCUT2D eigenvalue weighted by molar-refractivity contribution is 0.797. The largest absolute Gasteiger partial charge is 0.374 e. The molecule has 4 heteroatoms. The summed E-state index contributed by atoms with van der Waals surface area (Å²) in [6.07, 6.45) is 5.19. The zero-order valence-corrected chi connectivity index (χ0v) is 20.6. The molecular formula is C31H42N4. The molecule has 2 aromatic heterocycles. The summed E-state index contributed by atoms with van der Waals surface area (Å²) in [5.74, 6) is 0. The van der Waals surface area contributed by atoms with Crippen LogP contribution in [-0.2, 0) is 20.5 Å². The van der Waals surface area contributed by atoms with Crippen molar-refractivity contribution in [2.24, 2.45) is 14.1 Å². The summed E-state index contributed by atoms with van der Waals surface area (Å²) in [7, 11) is 6.18. The standard InChI is InChI=1S/C10H13N.C10H11N.C9H10N2.2CH4/c2*1-8-3-4-10-9(7-8)5-6-11(10)2;1-7-3-4-9-8(5-7)6-10-11(9)2;;/h3-4,7H,5-6H2,1-2H3;3-7H,1-2H3;3-6H,1-2H3;2*1H4. The van der Waals surface area contributed by atoms with E-state index in [9.17, 15) is 0 Å². The van der Waals surface area contributed by atoms with E-state index >= 15 is 0 Å². The fourth-order valence-electron chi connectivity index (χ4n) is 4.38. The lowest BCUT2D eigenvalue weighted by atomic mass is 10.1. The number of fused-ring (bicyclic) bond motifs is 3. The third kappa shape index (κ3) is 6.33. The molecular weight excluding hydrogens is 428 g/mol. The zero-order chi connectivity index (χ0) is 23.5. The number of hydrogen-bond acceptors (Lipinski definition) is 2. The van der Waals surface area contributed by atoms with Crippen molar-refractivity contribution in [3.8, 4) is 0 Å². The molecule has 0 amide bonds. The van der Waals surface area contributed by atoms with Crippen LogP contribution in [0.2, 0.25) is 0 Å². The molecule has 35 heavy (non-hydrogen) atoms. The fraction of sp³-hybridized carbons (Fsp3) is 0.323. The number of anilines is 1. The number of aromatic nitrogens is 3. The quantitative estimate of drug-likeness (QED) is 0.232. The minimum atomic E-state index is 0. The summed E-state index contributed by atoms with van der Waals surface area (Å²) in [5, 5.41) is 6.70. The van der Waals surface area contributed by atoms with Crippen molar-refractivity contribution in [3.63, 3.8) is 0 Å². The maximum absolute atomic E-state index is 4.15. The zero-order valence-electron chi connectivity index (χ0n) is 20.6. The van der Waals surface area contributed by atoms with E-state index in [-0.39, 0.29) is 14.9 Å². The number of likely N-dealkylation sites (N-methyl/N-ethyl adjacent to an activating group) is 1. The van der Waals surface area contributed by atoms with E-state index in [1.807, 2.05) is 17.9 Å². The van der Waals surface area contributed by atoms with Crippen molar-refractivity contribution in [3.05, 3.63) is 95.3 Å². The van der Waals surface area contributed by atoms with E-state index in [4.69, 9.17) is 0 Å². The molecule has 0 N–H and O–H groups in total. The van der Waals surface area contributed by atoms with Gasteiger partial charge in [0.1, 0.15) is 0 Å². The molecule has 6 rings (SSSR count). The molecule has 0 unspecified atom stereocenters. The maximum atomic E-state index is 4.15. The van der Waals surface area contributed by atoms with Gasteiger partial charge in [-0.3, -0.25) is 4.68 Å². The van der Waals surface area contributed by atoms with Gasteiger partial charge in [-0.05, 0) is 74.5 Å². The van der Waals surface area contributed by atoms with Crippen LogP contribution in [0, 0.1) is 20.8 Å². The topological polar surface area (TPSA) is 26.0 Å². The highest BCUT2D eigenvalue weighted by Crippen LogP contribution is 2.26. The van der Waals surface area contributed by atoms with E-state index in [1.165, 1.54) is 62.7 Å². The van der Waals surface area contributed by atoms with Crippen LogP contribution < -0.4 is 4.90 Å². The lowest BCUT2D eigenvalue weighted by Gasteiger charge is -2.11. The molecule has 0 spiro atoms. The Bertz CT molecular complexity index is 1310. The molecule has 3 heterocycles. The number of rotatable bonds is 0. The molecule has 3 aromatic carbocycles. The van der Waals surface area contributed by atoms with Gasteiger partial charge in [-0.15, -0.1) is 0 Å². The summed E-state index contributed by atoms with van der Waals surface area (Å²) < 4.78 is 4.02. The SMILES string of the molecule is C.C.Cc1ccc2c(c1)CCN2C.Cc1ccc2c(ccn2C)c1.Cc1ccc2c(cnn2C)c1. The Kier molecular flexibility index (Phi) is 9.30. The molecule has 0 radical (unpaired) electrons. The van der Waals surface area contributed by atoms with Crippen LogP contribution >= 0.6 is 0 Å². The summed E-state index contributed by atoms with van der Waals surface area (Å²) >= 11 is 0. The Morgan fingerprint density at radius 2 is 1.29 bits per heavy atom. The Morgan fingerprint density at radius 3 is 2.00 bits per heavy atom. The Labute approximate surface area is 211 Å². The Balaban J connectivity index is 0.000000180. The van der Waals surface area contributed by atoms with E-state index in [0.29, 0.717) is 0 Å². The molecule has 0 aliphatic carbocycles. The van der Waals surface area contributed by atoms with Crippen LogP contribution in [0.5, 0.6) is 0 Å². The van der Waals surface area contributed by atoms with Crippen LogP contribution in [0.15, 0.2) is 73.1 Å². The van der Waals surface area contributed by atoms with E-state index < -0.39 is 0 Å². The molecule has 0 atom stereocenters. The van der Waals surface area contributed by atoms with Crippen molar-refractivity contribution in [2.75, 3.05) is 18.5 Å². The monoisotopic (exact) mass is 470 g/mol. The highest BCUT2D eigenvalue weighted by atomic mass is 15.2. The van der Waals surface area contributed by atoms with Crippen LogP contribution in [-0.4, -0.2) is 27.9 Å². The van der Waals surface area contributed by atoms with Gasteiger partial charge < -0.3 is 9.47 Å². The number of benzene rings is 3. The molecule has 186 valence electrons. The van der Waals surface area contributed by atoms with Gasteiger partial charge in [0.15, 0.2) is 0 Å². The molecule has 1 aliphatic heterocycles. The number of aryl methyl sites for hydroxylation is 5. The average Bonchev–Trinajstić information content (AvgIpc) is 3.46. The van der Waals surface area contributed by atoms with Crippen molar-refractivity contribution >= 4 is 27.5 Å². The summed E-state index contributed by atoms with van der Waals surface area (Å²) in [6, 6.07) is 21.7. The predicted molar refractivity (Wildman–Crippen MR) is 155 cm³/mol. The fourth-order valence-corrected chi connectivity index (χ4v) is 4.38. The Morgan fingerprint density at radius 1 is 0.686 bits per heavy atom. The van der Waals surface area contributed by atoms with Gasteiger partial charge in [-0.2, -0.15) is 5.10 Å². The first-order chi connectivity index (χ1) is 15.8. The van der Waals surface area contributed by atoms with Crippen LogP contribution in [0.4, 0.5) is 5.69 Å². The van der Waals surface area contributed by atoms with Gasteiger partial charge in [-0.1, -0.05) is 55.8 Å². The van der Waals surface area contributed by atoms with Crippen molar-refractivity contribution in [1.29, 1.82) is 0 Å². The third-order valence-corrected chi connectivity index (χ3v) is 6.31. The van der Waals surface area contributed by atoms with E-state index in [2.05, 4.69) is 116 Å². The summed E-state index contributed by atoms with van der Waals surface area (Å²) in [4.78, 5) is 2.31. The first-order valence-electron chi connectivity index (χ1n) is 11.5. The van der Waals surface area contributed by atoms with Gasteiger partial charge in [0.25, 0.3) is 0 Å². The van der Waals surface area contributed by atoms with E-state index in [1.54, 1.807) is 0 Å². The second kappa shape index (κ2) is 11.7. The maximum Gasteiger partial charge on any atom is 0.0679 e. The summed E-state index contributed by atoms with van der Waals surface area (Å²) in [5.41, 5.74) is 9.39. The summed E-state index contributed by atoms with van der Waals surface area (Å²) in [6.45, 7) is 7.54. The minimum Gasteiger partial charge on any atom is -0.374 e. The Hall–Kier alpha value is -3.53. The lowest BCUT2D eigenvalue weighted by Crippen LogP contribution is -2.12. The van der Waals surface area contributed by atoms with Gasteiger partial charge in [0.05, 0.1) is 11.7 Å². The molecule has 0 bridgehead atoms. The highest BCUT2D eigenvalue weighted by Gasteiger charge is 2.14. The highest BCUT2D eigenvalue weighted by molar-refractivity contribution is 5.80. The first-order valence-corrected chi connectivity index (χ1v) is 11.5. The van der Waals surface area contributed by atoms with E-state index in [0.717, 1.165) is 0 Å². The van der Waals surface area contributed by atoms with Gasteiger partial charge in [0, 0.05) is 50.5 Å². The molecule has 1 aliphatic rings. The first kappa shape index (κ1) is 27.7. The van der Waals surface area contributed by atoms with Crippen LogP contribution in [0.3, 0.4) is 0 Å². The van der Waals surface area contributed by atoms with Crippen molar-refractivity contribution < 1.29 is 0 Å². The molecule has 0 saturated carbocycles. The van der Waals surface area contributed by atoms with Crippen LogP contribution in [0.1, 0.15) is 37.1 Å². The second-order valence-corrected chi connectivity index (χ2v) is 9.12. The molecule has 4 nitrogen and oxygen atoms in total. The van der Waals surface area contributed by atoms with Gasteiger partial charge in [0.2, 0.25) is 0 Å². The minimum absolute atomic E-state index is 0. The van der Waals surface area contributed by atoms with Gasteiger partial charge >= 0.3 is 0 Å². The van der Waals surface area contributed by atoms with Crippen molar-refractivity contribution in [2.45, 2.75) is 42.0 Å². The second-order valence-electron chi connectivity index (χ2n) is 9.12. The van der Waals surface area contributed by atoms with Gasteiger partial charge in [-0.25, -0.2) is 0 Å². The number of nitrogens with zero attached hydrogens (tertiary/aromatic N) is 4. The molecule has 0 saturated heterocycles. The molecule has 0 fully saturated rings. The predicted octanol–water partition coefficient (Wildman–Crippen LogP) is 7.63. The number of hydrogen-bond donors (Lipinski definition) is 0.